The number of hydrogen-bond acceptors (Lipinski definition) is 2. The topological polar surface area (TPSA) is 33.1 Å². The number of pyridine rings is 1. The summed E-state index contributed by atoms with van der Waals surface area (Å²) in [5.41, 5.74) is 4.74. The van der Waals surface area contributed by atoms with Gasteiger partial charge in [0.1, 0.15) is 17.1 Å². The van der Waals surface area contributed by atoms with Crippen LogP contribution < -0.4 is 0 Å². The number of benzene rings is 1. The minimum Gasteiger partial charge on any atom is -0.506 e. The molecule has 1 aliphatic carbocycles. The van der Waals surface area contributed by atoms with E-state index in [9.17, 15) is 13.9 Å². The fourth-order valence-corrected chi connectivity index (χ4v) is 3.28. The Bertz CT molecular complexity index is 999. The molecule has 3 rings (SSSR count). The van der Waals surface area contributed by atoms with Gasteiger partial charge in [-0.15, -0.1) is 0 Å². The molecule has 0 amide bonds. The Kier molecular flexibility index (Phi) is 5.54. The maximum Gasteiger partial charge on any atom is 0.155 e. The molecule has 1 N–H and O–H groups in total. The first-order valence-electron chi connectivity index (χ1n) is 9.11. The van der Waals surface area contributed by atoms with Crippen LogP contribution in [0.15, 0.2) is 54.4 Å². The zero-order valence-corrected chi connectivity index (χ0v) is 15.8. The van der Waals surface area contributed by atoms with E-state index in [-0.39, 0.29) is 12.2 Å². The van der Waals surface area contributed by atoms with Crippen molar-refractivity contribution < 1.29 is 13.9 Å². The average molecular weight is 367 g/mol. The van der Waals surface area contributed by atoms with Gasteiger partial charge in [-0.1, -0.05) is 31.2 Å². The van der Waals surface area contributed by atoms with Crippen LogP contribution in [0.3, 0.4) is 0 Å². The summed E-state index contributed by atoms with van der Waals surface area (Å²) in [5, 5.41) is 11.4. The maximum absolute atomic E-state index is 13.7. The van der Waals surface area contributed by atoms with Crippen LogP contribution >= 0.6 is 0 Å². The van der Waals surface area contributed by atoms with Gasteiger partial charge in [0, 0.05) is 11.8 Å². The van der Waals surface area contributed by atoms with Crippen LogP contribution in [0, 0.1) is 6.92 Å². The lowest BCUT2D eigenvalue weighted by Gasteiger charge is -2.16. The van der Waals surface area contributed by atoms with Crippen LogP contribution in [0.2, 0.25) is 0 Å². The molecule has 0 saturated carbocycles. The lowest BCUT2D eigenvalue weighted by Crippen LogP contribution is -2.06. The number of halogens is 2. The highest BCUT2D eigenvalue weighted by Gasteiger charge is 2.21. The third kappa shape index (κ3) is 3.85. The van der Waals surface area contributed by atoms with Crippen LogP contribution in [0.25, 0.3) is 22.0 Å². The van der Waals surface area contributed by atoms with Gasteiger partial charge in [0.2, 0.25) is 0 Å². The van der Waals surface area contributed by atoms with Crippen LogP contribution in [0.1, 0.15) is 43.5 Å². The summed E-state index contributed by atoms with van der Waals surface area (Å²) < 4.78 is 27.0. The number of hydrogen-bond donors (Lipinski definition) is 1. The molecule has 2 nitrogen and oxygen atoms in total. The predicted molar refractivity (Wildman–Crippen MR) is 108 cm³/mol. The maximum atomic E-state index is 13.7. The molecular weight excluding hydrogens is 344 g/mol. The highest BCUT2D eigenvalue weighted by Crippen LogP contribution is 2.36. The van der Waals surface area contributed by atoms with Gasteiger partial charge in [-0.2, -0.15) is 0 Å². The lowest BCUT2D eigenvalue weighted by atomic mass is 9.93. The molecule has 1 unspecified atom stereocenters. The summed E-state index contributed by atoms with van der Waals surface area (Å²) >= 11 is 0. The molecule has 140 valence electrons. The molecule has 0 fully saturated rings. The van der Waals surface area contributed by atoms with Crippen molar-refractivity contribution in [1.29, 1.82) is 0 Å². The van der Waals surface area contributed by atoms with Crippen LogP contribution in [0.4, 0.5) is 8.78 Å². The van der Waals surface area contributed by atoms with Gasteiger partial charge in [0.25, 0.3) is 0 Å². The minimum absolute atomic E-state index is 0.0378. The quantitative estimate of drug-likeness (QED) is 0.618. The summed E-state index contributed by atoms with van der Waals surface area (Å²) in [6.45, 7) is 5.99. The number of nitrogens with zero attached hydrogens (tertiary/aromatic N) is 1. The first-order valence-corrected chi connectivity index (χ1v) is 9.11. The predicted octanol–water partition coefficient (Wildman–Crippen LogP) is 6.60. The van der Waals surface area contributed by atoms with Gasteiger partial charge in [-0.3, -0.25) is 0 Å². The molecule has 0 bridgehead atoms. The summed E-state index contributed by atoms with van der Waals surface area (Å²) in [7, 11) is 0. The Balaban J connectivity index is 2.12. The fraction of sp³-hybridized carbons (Fsp3) is 0.261. The average Bonchev–Trinajstić information content (AvgIpc) is 2.65. The number of fused-ring (bicyclic) bond motifs is 1. The second kappa shape index (κ2) is 7.87. The summed E-state index contributed by atoms with van der Waals surface area (Å²) in [6, 6.07) is 5.46. The van der Waals surface area contributed by atoms with Crippen LogP contribution in [-0.4, -0.2) is 16.3 Å². The highest BCUT2D eigenvalue weighted by atomic mass is 19.2. The number of phenols is 1. The molecule has 0 spiro atoms. The second-order valence-electron chi connectivity index (χ2n) is 6.70. The summed E-state index contributed by atoms with van der Waals surface area (Å²) in [6.07, 6.45) is 7.82. The van der Waals surface area contributed by atoms with E-state index in [4.69, 9.17) is 0 Å². The Morgan fingerprint density at radius 2 is 2.07 bits per heavy atom. The molecule has 2 aromatic rings. The van der Waals surface area contributed by atoms with Crippen molar-refractivity contribution in [3.63, 3.8) is 0 Å². The molecule has 1 aliphatic rings. The molecular formula is C23H23F2NO. The molecule has 1 heterocycles. The Labute approximate surface area is 158 Å². The Hall–Kier alpha value is -2.75. The standard InChI is InChI=1S/C23H23F2NO/c1-4-6-7-15(5-2)21-10-14(3)18-11-17(13-22(27)23(18)26-21)16-8-9-19(24)20(25)12-16/h4,6-11,13,20,27H,5,12H2,1-3H3/b6-4-,15-7+. The number of aromatic nitrogens is 1. The number of aromatic hydroxyl groups is 1. The monoisotopic (exact) mass is 367 g/mol. The highest BCUT2D eigenvalue weighted by molar-refractivity contribution is 5.92. The van der Waals surface area contributed by atoms with Crippen LogP contribution in [-0.2, 0) is 0 Å². The Morgan fingerprint density at radius 1 is 1.30 bits per heavy atom. The third-order valence-corrected chi connectivity index (χ3v) is 4.81. The largest absolute Gasteiger partial charge is 0.506 e. The zero-order valence-electron chi connectivity index (χ0n) is 15.8. The van der Waals surface area contributed by atoms with Crippen molar-refractivity contribution in [2.24, 2.45) is 0 Å². The molecule has 0 saturated heterocycles. The molecule has 0 aliphatic heterocycles. The fourth-order valence-electron chi connectivity index (χ4n) is 3.28. The first kappa shape index (κ1) is 19.0. The van der Waals surface area contributed by atoms with Crippen molar-refractivity contribution in [1.82, 2.24) is 4.98 Å². The van der Waals surface area contributed by atoms with Gasteiger partial charge in [-0.05, 0) is 66.8 Å². The van der Waals surface area contributed by atoms with E-state index >= 15 is 0 Å². The number of aryl methyl sites for hydroxylation is 1. The van der Waals surface area contributed by atoms with E-state index in [1.54, 1.807) is 12.1 Å². The molecule has 27 heavy (non-hydrogen) atoms. The van der Waals surface area contributed by atoms with E-state index in [0.717, 1.165) is 34.7 Å². The van der Waals surface area contributed by atoms with E-state index in [0.29, 0.717) is 16.7 Å². The second-order valence-corrected chi connectivity index (χ2v) is 6.70. The van der Waals surface area contributed by atoms with Gasteiger partial charge < -0.3 is 5.11 Å². The van der Waals surface area contributed by atoms with E-state index in [1.807, 2.05) is 44.2 Å². The van der Waals surface area contributed by atoms with E-state index in [2.05, 4.69) is 11.9 Å². The van der Waals surface area contributed by atoms with Crippen molar-refractivity contribution in [3.8, 4) is 5.75 Å². The van der Waals surface area contributed by atoms with E-state index < -0.39 is 12.0 Å². The molecule has 0 radical (unpaired) electrons. The molecule has 1 atom stereocenters. The minimum atomic E-state index is -1.63. The zero-order chi connectivity index (χ0) is 19.6. The van der Waals surface area contributed by atoms with Crippen molar-refractivity contribution in [3.05, 3.63) is 71.2 Å². The number of alkyl halides is 1. The molecule has 1 aromatic heterocycles. The van der Waals surface area contributed by atoms with Gasteiger partial charge >= 0.3 is 0 Å². The van der Waals surface area contributed by atoms with Crippen molar-refractivity contribution in [2.45, 2.75) is 39.8 Å². The number of rotatable bonds is 4. The normalized spacial score (nSPS) is 18.1. The van der Waals surface area contributed by atoms with Gasteiger partial charge in [0.15, 0.2) is 6.17 Å². The smallest absolute Gasteiger partial charge is 0.155 e. The molecule has 1 aromatic carbocycles. The van der Waals surface area contributed by atoms with Crippen molar-refractivity contribution in [2.75, 3.05) is 0 Å². The summed E-state index contributed by atoms with van der Waals surface area (Å²) in [5.74, 6) is -0.716. The van der Waals surface area contributed by atoms with Gasteiger partial charge in [0.05, 0.1) is 5.69 Å². The third-order valence-electron chi connectivity index (χ3n) is 4.81. The van der Waals surface area contributed by atoms with Gasteiger partial charge in [-0.25, -0.2) is 13.8 Å². The van der Waals surface area contributed by atoms with Crippen molar-refractivity contribution >= 4 is 22.0 Å². The van der Waals surface area contributed by atoms with Crippen LogP contribution in [0.5, 0.6) is 5.75 Å². The molecule has 4 heteroatoms. The number of phenolic OH excluding ortho intramolecular Hbond substituents is 1. The summed E-state index contributed by atoms with van der Waals surface area (Å²) in [4.78, 5) is 4.66. The van der Waals surface area contributed by atoms with E-state index in [1.165, 1.54) is 0 Å². The lowest BCUT2D eigenvalue weighted by molar-refractivity contribution is 0.329. The first-order chi connectivity index (χ1) is 12.9. The SMILES string of the molecule is C/C=C\C=C(/CC)c1cc(C)c2cc(C3=CC=C(F)C(F)C3)cc(O)c2n1. The number of allylic oxidation sites excluding steroid dienone is 8. The Morgan fingerprint density at radius 3 is 2.74 bits per heavy atom.